The molecule has 4 heteroatoms. The molecular formula is C42H26N4. The Hall–Kier alpha value is -6.26. The lowest BCUT2D eigenvalue weighted by atomic mass is 10.1. The number of aromatic nitrogens is 4. The highest BCUT2D eigenvalue weighted by Crippen LogP contribution is 2.38. The Kier molecular flexibility index (Phi) is 5.25. The van der Waals surface area contributed by atoms with Crippen LogP contribution in [0.2, 0.25) is 0 Å². The van der Waals surface area contributed by atoms with Crippen molar-refractivity contribution in [3.63, 3.8) is 0 Å². The van der Waals surface area contributed by atoms with Crippen molar-refractivity contribution in [2.75, 3.05) is 0 Å². The summed E-state index contributed by atoms with van der Waals surface area (Å²) < 4.78 is 4.63. The fraction of sp³-hybridized carbons (Fsp3) is 0. The fourth-order valence-corrected chi connectivity index (χ4v) is 7.23. The van der Waals surface area contributed by atoms with Crippen molar-refractivity contribution in [2.45, 2.75) is 0 Å². The molecule has 3 aromatic heterocycles. The Morgan fingerprint density at radius 2 is 0.957 bits per heavy atom. The van der Waals surface area contributed by atoms with Gasteiger partial charge in [0.1, 0.15) is 0 Å². The molecule has 0 bridgehead atoms. The number of fused-ring (bicyclic) bond motifs is 8. The van der Waals surface area contributed by atoms with Crippen molar-refractivity contribution in [3.05, 3.63) is 158 Å². The number of hydrogen-bond donors (Lipinski definition) is 0. The summed E-state index contributed by atoms with van der Waals surface area (Å²) in [4.78, 5) is 10.6. The maximum Gasteiger partial charge on any atom is 0.235 e. The molecular weight excluding hydrogens is 560 g/mol. The number of rotatable bonds is 3. The van der Waals surface area contributed by atoms with Crippen LogP contribution >= 0.6 is 0 Å². The van der Waals surface area contributed by atoms with Crippen LogP contribution < -0.4 is 0 Å². The second-order valence-corrected chi connectivity index (χ2v) is 11.9. The lowest BCUT2D eigenvalue weighted by Gasteiger charge is -2.13. The zero-order valence-electron chi connectivity index (χ0n) is 24.8. The van der Waals surface area contributed by atoms with E-state index in [4.69, 9.17) is 9.97 Å². The highest BCUT2D eigenvalue weighted by Gasteiger charge is 2.20. The Morgan fingerprint density at radius 1 is 0.370 bits per heavy atom. The van der Waals surface area contributed by atoms with Crippen LogP contribution in [0.4, 0.5) is 0 Å². The Morgan fingerprint density at radius 3 is 1.72 bits per heavy atom. The van der Waals surface area contributed by atoms with E-state index in [-0.39, 0.29) is 0 Å². The molecule has 4 nitrogen and oxygen atoms in total. The number of hydrogen-bond acceptors (Lipinski definition) is 2. The quantitative estimate of drug-likeness (QED) is 0.206. The molecule has 3 heterocycles. The average Bonchev–Trinajstić information content (AvgIpc) is 3.62. The van der Waals surface area contributed by atoms with Gasteiger partial charge in [0, 0.05) is 38.2 Å². The largest absolute Gasteiger partial charge is 0.309 e. The Balaban J connectivity index is 1.34. The molecule has 0 aliphatic carbocycles. The molecule has 0 N–H and O–H groups in total. The minimum absolute atomic E-state index is 0.659. The molecule has 0 amide bonds. The fourth-order valence-electron chi connectivity index (χ4n) is 7.23. The van der Waals surface area contributed by atoms with Gasteiger partial charge in [0.15, 0.2) is 0 Å². The van der Waals surface area contributed by atoms with E-state index in [9.17, 15) is 0 Å². The van der Waals surface area contributed by atoms with Crippen molar-refractivity contribution < 1.29 is 0 Å². The van der Waals surface area contributed by atoms with Gasteiger partial charge in [-0.15, -0.1) is 0 Å². The van der Waals surface area contributed by atoms with E-state index in [1.165, 1.54) is 43.4 Å². The number of benzene rings is 7. The van der Waals surface area contributed by atoms with Crippen molar-refractivity contribution >= 4 is 65.3 Å². The summed E-state index contributed by atoms with van der Waals surface area (Å²) in [7, 11) is 0. The van der Waals surface area contributed by atoms with Crippen molar-refractivity contribution in [3.8, 4) is 22.9 Å². The first kappa shape index (κ1) is 25.1. The summed E-state index contributed by atoms with van der Waals surface area (Å²) in [6.07, 6.45) is 0. The molecule has 0 atom stereocenters. The molecule has 0 aliphatic heterocycles. The topological polar surface area (TPSA) is 35.6 Å². The minimum Gasteiger partial charge on any atom is -0.309 e. The van der Waals surface area contributed by atoms with Crippen LogP contribution in [0.1, 0.15) is 0 Å². The summed E-state index contributed by atoms with van der Waals surface area (Å²) >= 11 is 0. The molecule has 0 saturated heterocycles. The number of para-hydroxylation sites is 3. The summed E-state index contributed by atoms with van der Waals surface area (Å²) in [6.45, 7) is 0. The third-order valence-electron chi connectivity index (χ3n) is 9.29. The summed E-state index contributed by atoms with van der Waals surface area (Å²) in [5.74, 6) is 0.659. The van der Waals surface area contributed by atoms with E-state index in [0.717, 1.165) is 38.9 Å². The van der Waals surface area contributed by atoms with Gasteiger partial charge in [0.2, 0.25) is 5.95 Å². The third kappa shape index (κ3) is 3.61. The molecule has 0 spiro atoms. The number of nitrogens with zero attached hydrogens (tertiary/aromatic N) is 4. The van der Waals surface area contributed by atoms with Crippen LogP contribution in [0.25, 0.3) is 88.2 Å². The zero-order valence-corrected chi connectivity index (χ0v) is 24.8. The van der Waals surface area contributed by atoms with E-state index < -0.39 is 0 Å². The van der Waals surface area contributed by atoms with Crippen molar-refractivity contribution in [1.29, 1.82) is 0 Å². The third-order valence-corrected chi connectivity index (χ3v) is 9.29. The van der Waals surface area contributed by atoms with E-state index in [0.29, 0.717) is 5.95 Å². The molecule has 0 aliphatic rings. The van der Waals surface area contributed by atoms with Gasteiger partial charge in [-0.3, -0.25) is 4.57 Å². The Labute approximate surface area is 264 Å². The predicted molar refractivity (Wildman–Crippen MR) is 191 cm³/mol. The van der Waals surface area contributed by atoms with Crippen molar-refractivity contribution in [1.82, 2.24) is 19.1 Å². The minimum atomic E-state index is 0.659. The standard InChI is InChI=1S/C42H26N4/c1-2-12-27(13-3-1)41-34-18-6-9-19-36(34)43-42(44-41)46-39-25-29-15-5-4-14-28(29)24-35(39)33-23-22-30(26-40(33)46)45-37-20-10-7-16-31(37)32-17-8-11-21-38(32)45/h1-26H. The molecule has 214 valence electrons. The summed E-state index contributed by atoms with van der Waals surface area (Å²) in [6, 6.07) is 56.0. The van der Waals surface area contributed by atoms with E-state index in [1.807, 2.05) is 12.1 Å². The van der Waals surface area contributed by atoms with Crippen LogP contribution in [0.5, 0.6) is 0 Å². The zero-order chi connectivity index (χ0) is 30.2. The smallest absolute Gasteiger partial charge is 0.235 e. The van der Waals surface area contributed by atoms with E-state index in [1.54, 1.807) is 0 Å². The van der Waals surface area contributed by atoms with Crippen LogP contribution in [-0.2, 0) is 0 Å². The Bertz CT molecular complexity index is 2750. The second kappa shape index (κ2) is 9.62. The van der Waals surface area contributed by atoms with Crippen LogP contribution in [0.3, 0.4) is 0 Å². The molecule has 7 aromatic carbocycles. The first-order valence-electron chi connectivity index (χ1n) is 15.6. The molecule has 46 heavy (non-hydrogen) atoms. The van der Waals surface area contributed by atoms with Gasteiger partial charge in [-0.2, -0.15) is 0 Å². The maximum atomic E-state index is 5.33. The van der Waals surface area contributed by atoms with E-state index >= 15 is 0 Å². The van der Waals surface area contributed by atoms with Gasteiger partial charge < -0.3 is 4.57 Å². The first-order valence-corrected chi connectivity index (χ1v) is 15.6. The average molecular weight is 587 g/mol. The highest BCUT2D eigenvalue weighted by atomic mass is 15.2. The predicted octanol–water partition coefficient (Wildman–Crippen LogP) is 10.6. The van der Waals surface area contributed by atoms with E-state index in [2.05, 4.69) is 155 Å². The summed E-state index contributed by atoms with van der Waals surface area (Å²) in [5, 5.41) is 8.28. The normalized spacial score (nSPS) is 11.9. The first-order chi connectivity index (χ1) is 22.8. The second-order valence-electron chi connectivity index (χ2n) is 11.9. The molecule has 10 rings (SSSR count). The van der Waals surface area contributed by atoms with Gasteiger partial charge in [0.05, 0.1) is 33.3 Å². The van der Waals surface area contributed by atoms with Gasteiger partial charge in [-0.1, -0.05) is 115 Å². The van der Waals surface area contributed by atoms with Gasteiger partial charge in [-0.25, -0.2) is 9.97 Å². The molecule has 0 fully saturated rings. The van der Waals surface area contributed by atoms with Crippen molar-refractivity contribution in [2.24, 2.45) is 0 Å². The SMILES string of the molecule is c1ccc(-c2nc(-n3c4cc(-n5c6ccccc6c6ccccc65)ccc4c4cc5ccccc5cc43)nc3ccccc23)cc1. The molecule has 0 unspecified atom stereocenters. The maximum absolute atomic E-state index is 5.33. The monoisotopic (exact) mass is 586 g/mol. The highest BCUT2D eigenvalue weighted by molar-refractivity contribution is 6.15. The van der Waals surface area contributed by atoms with Gasteiger partial charge in [0.25, 0.3) is 0 Å². The molecule has 0 saturated carbocycles. The van der Waals surface area contributed by atoms with Crippen LogP contribution in [-0.4, -0.2) is 19.1 Å². The van der Waals surface area contributed by atoms with Crippen LogP contribution in [0.15, 0.2) is 158 Å². The van der Waals surface area contributed by atoms with Gasteiger partial charge in [-0.05, 0) is 53.2 Å². The lowest BCUT2D eigenvalue weighted by Crippen LogP contribution is -2.04. The summed E-state index contributed by atoms with van der Waals surface area (Å²) in [5.41, 5.74) is 8.54. The molecule has 0 radical (unpaired) electrons. The molecule has 10 aromatic rings. The van der Waals surface area contributed by atoms with Crippen LogP contribution in [0, 0.1) is 0 Å². The lowest BCUT2D eigenvalue weighted by molar-refractivity contribution is 1.01. The van der Waals surface area contributed by atoms with Gasteiger partial charge >= 0.3 is 0 Å².